The van der Waals surface area contributed by atoms with Crippen molar-refractivity contribution in [2.75, 3.05) is 7.05 Å². The smallest absolute Gasteiger partial charge is 0.267 e. The Labute approximate surface area is 75.1 Å². The second-order valence-corrected chi connectivity index (χ2v) is 2.78. The third kappa shape index (κ3) is 1.07. The lowest BCUT2D eigenvalue weighted by atomic mass is 10.0. The van der Waals surface area contributed by atoms with Crippen molar-refractivity contribution in [3.63, 3.8) is 0 Å². The summed E-state index contributed by atoms with van der Waals surface area (Å²) in [6.07, 6.45) is 0. The van der Waals surface area contributed by atoms with E-state index in [1.807, 2.05) is 0 Å². The molecule has 2 rings (SSSR count). The molecule has 1 aliphatic rings. The van der Waals surface area contributed by atoms with Gasteiger partial charge in [0.2, 0.25) is 0 Å². The molecule has 1 aromatic rings. The highest BCUT2D eigenvalue weighted by molar-refractivity contribution is 6.10. The molecule has 1 radical (unpaired) electrons. The number of hydrogen-bond donors (Lipinski definition) is 0. The van der Waals surface area contributed by atoms with Crippen LogP contribution in [-0.2, 0) is 0 Å². The molecular weight excluding hydrogens is 168 g/mol. The maximum absolute atomic E-state index is 11.4. The molecule has 0 bridgehead atoms. The van der Waals surface area contributed by atoms with Crippen LogP contribution in [0.1, 0.15) is 20.7 Å². The van der Waals surface area contributed by atoms with Gasteiger partial charge in [0.05, 0.1) is 11.1 Å². The molecule has 0 fully saturated rings. The fourth-order valence-corrected chi connectivity index (χ4v) is 1.27. The monoisotopic (exact) mass is 175 g/mol. The largest absolute Gasteiger partial charge is 0.294 e. The minimum Gasteiger partial charge on any atom is -0.267 e. The van der Waals surface area contributed by atoms with E-state index in [1.165, 1.54) is 7.05 Å². The summed E-state index contributed by atoms with van der Waals surface area (Å²) in [4.78, 5) is 22.7. The summed E-state index contributed by atoms with van der Waals surface area (Å²) in [7, 11) is 1.47. The van der Waals surface area contributed by atoms with Gasteiger partial charge in [0, 0.05) is 7.05 Å². The summed E-state index contributed by atoms with van der Waals surface area (Å²) >= 11 is 0. The van der Waals surface area contributed by atoms with Gasteiger partial charge in [0.25, 0.3) is 11.8 Å². The molecule has 0 spiro atoms. The summed E-state index contributed by atoms with van der Waals surface area (Å²) in [5.41, 5.74) is 4.35. The van der Waals surface area contributed by atoms with E-state index in [-0.39, 0.29) is 11.8 Å². The van der Waals surface area contributed by atoms with Crippen molar-refractivity contribution in [1.29, 1.82) is 0 Å². The van der Waals surface area contributed by atoms with E-state index in [0.717, 1.165) is 5.01 Å². The van der Waals surface area contributed by atoms with Crippen LogP contribution in [0.15, 0.2) is 24.3 Å². The zero-order valence-electron chi connectivity index (χ0n) is 7.02. The predicted octanol–water partition coefficient (Wildman–Crippen LogP) is 0.432. The maximum atomic E-state index is 11.4. The number of nitrogens with zero attached hydrogens (tertiary/aromatic N) is 2. The Balaban J connectivity index is 2.60. The fourth-order valence-electron chi connectivity index (χ4n) is 1.27. The molecule has 4 nitrogen and oxygen atoms in total. The summed E-state index contributed by atoms with van der Waals surface area (Å²) in [6, 6.07) is 6.67. The highest BCUT2D eigenvalue weighted by atomic mass is 16.2. The molecule has 1 aliphatic heterocycles. The van der Waals surface area contributed by atoms with Crippen molar-refractivity contribution in [2.45, 2.75) is 0 Å². The fraction of sp³-hybridized carbons (Fsp3) is 0.111. The van der Waals surface area contributed by atoms with Gasteiger partial charge >= 0.3 is 0 Å². The normalized spacial score (nSPS) is 15.3. The summed E-state index contributed by atoms with van der Waals surface area (Å²) < 4.78 is 0. The van der Waals surface area contributed by atoms with Crippen LogP contribution in [-0.4, -0.2) is 23.9 Å². The zero-order chi connectivity index (χ0) is 9.42. The van der Waals surface area contributed by atoms with E-state index >= 15 is 0 Å². The van der Waals surface area contributed by atoms with Gasteiger partial charge < -0.3 is 0 Å². The van der Waals surface area contributed by atoms with Gasteiger partial charge in [-0.2, -0.15) is 0 Å². The zero-order valence-corrected chi connectivity index (χ0v) is 7.02. The van der Waals surface area contributed by atoms with E-state index in [1.54, 1.807) is 24.3 Å². The van der Waals surface area contributed by atoms with Crippen molar-refractivity contribution < 1.29 is 9.59 Å². The molecule has 0 saturated carbocycles. The van der Waals surface area contributed by atoms with Crippen molar-refractivity contribution in [3.8, 4) is 0 Å². The van der Waals surface area contributed by atoms with Crippen molar-refractivity contribution in [1.82, 2.24) is 10.4 Å². The topological polar surface area (TPSA) is 51.5 Å². The van der Waals surface area contributed by atoms with Gasteiger partial charge in [-0.1, -0.05) is 12.1 Å². The molecule has 0 N–H and O–H groups in total. The maximum Gasteiger partial charge on any atom is 0.294 e. The third-order valence-corrected chi connectivity index (χ3v) is 1.92. The first-order valence-electron chi connectivity index (χ1n) is 3.83. The Morgan fingerprint density at radius 2 is 1.77 bits per heavy atom. The lowest BCUT2D eigenvalue weighted by Gasteiger charge is -2.21. The Kier molecular flexibility index (Phi) is 1.55. The summed E-state index contributed by atoms with van der Waals surface area (Å²) in [6.45, 7) is 0. The minimum absolute atomic E-state index is 0.241. The van der Waals surface area contributed by atoms with Gasteiger partial charge in [0.1, 0.15) is 0 Å². The van der Waals surface area contributed by atoms with Crippen LogP contribution >= 0.6 is 0 Å². The molecule has 1 aromatic carbocycles. The molecular formula is C9H7N2O2. The van der Waals surface area contributed by atoms with Gasteiger partial charge in [-0.25, -0.2) is 5.01 Å². The Morgan fingerprint density at radius 3 is 2.46 bits per heavy atom. The average molecular weight is 175 g/mol. The van der Waals surface area contributed by atoms with Crippen LogP contribution in [0.3, 0.4) is 0 Å². The standard InChI is InChI=1S/C9H7N2O2/c1-11-9(13)7-5-3-2-4-6(7)8(12)10-11/h2-5H,1H3. The average Bonchev–Trinajstić information content (AvgIpc) is 2.15. The summed E-state index contributed by atoms with van der Waals surface area (Å²) in [5.74, 6) is -0.604. The SMILES string of the molecule is CN1[N]C(=O)c2ccccc2C1=O. The molecule has 4 heteroatoms. The van der Waals surface area contributed by atoms with E-state index in [0.29, 0.717) is 11.1 Å². The Morgan fingerprint density at radius 1 is 1.15 bits per heavy atom. The second kappa shape index (κ2) is 2.58. The Hall–Kier alpha value is -1.84. The van der Waals surface area contributed by atoms with E-state index in [4.69, 9.17) is 0 Å². The molecule has 13 heavy (non-hydrogen) atoms. The van der Waals surface area contributed by atoms with Crippen LogP contribution in [0.5, 0.6) is 0 Å². The lowest BCUT2D eigenvalue weighted by Crippen LogP contribution is -2.43. The first-order chi connectivity index (χ1) is 6.20. The van der Waals surface area contributed by atoms with Crippen molar-refractivity contribution in [3.05, 3.63) is 35.4 Å². The van der Waals surface area contributed by atoms with E-state index in [9.17, 15) is 9.59 Å². The number of hydrogen-bond acceptors (Lipinski definition) is 2. The molecule has 0 saturated heterocycles. The molecule has 0 atom stereocenters. The van der Waals surface area contributed by atoms with Gasteiger partial charge in [0.15, 0.2) is 0 Å². The molecule has 0 aromatic heterocycles. The van der Waals surface area contributed by atoms with Gasteiger partial charge in [-0.15, -0.1) is 5.43 Å². The molecule has 0 unspecified atom stereocenters. The third-order valence-electron chi connectivity index (χ3n) is 1.92. The first kappa shape index (κ1) is 7.79. The predicted molar refractivity (Wildman–Crippen MR) is 45.0 cm³/mol. The van der Waals surface area contributed by atoms with Crippen molar-refractivity contribution in [2.24, 2.45) is 0 Å². The van der Waals surface area contributed by atoms with Crippen LogP contribution in [0.4, 0.5) is 0 Å². The molecule has 1 heterocycles. The number of carbonyl (C=O) groups is 2. The number of amides is 2. The van der Waals surface area contributed by atoms with E-state index < -0.39 is 0 Å². The second-order valence-electron chi connectivity index (χ2n) is 2.78. The Bertz CT molecular complexity index is 387. The summed E-state index contributed by atoms with van der Waals surface area (Å²) in [5, 5.41) is 1.06. The van der Waals surface area contributed by atoms with Crippen LogP contribution in [0.2, 0.25) is 0 Å². The van der Waals surface area contributed by atoms with E-state index in [2.05, 4.69) is 5.43 Å². The van der Waals surface area contributed by atoms with Crippen molar-refractivity contribution >= 4 is 11.8 Å². The minimum atomic E-state index is -0.363. The number of benzene rings is 1. The molecule has 0 aliphatic carbocycles. The molecule has 2 amide bonds. The number of carbonyl (C=O) groups excluding carboxylic acids is 2. The number of fused-ring (bicyclic) bond motifs is 1. The van der Waals surface area contributed by atoms with Gasteiger partial charge in [-0.3, -0.25) is 9.59 Å². The van der Waals surface area contributed by atoms with Crippen LogP contribution < -0.4 is 5.43 Å². The highest BCUT2D eigenvalue weighted by Crippen LogP contribution is 2.15. The van der Waals surface area contributed by atoms with Crippen LogP contribution in [0, 0.1) is 0 Å². The highest BCUT2D eigenvalue weighted by Gasteiger charge is 2.27. The lowest BCUT2D eigenvalue weighted by molar-refractivity contribution is 0.0590. The first-order valence-corrected chi connectivity index (χ1v) is 3.83. The molecule has 65 valence electrons. The quantitative estimate of drug-likeness (QED) is 0.574. The van der Waals surface area contributed by atoms with Crippen LogP contribution in [0.25, 0.3) is 0 Å². The number of rotatable bonds is 0. The van der Waals surface area contributed by atoms with Gasteiger partial charge in [-0.05, 0) is 12.1 Å².